The molecule has 0 radical (unpaired) electrons. The Morgan fingerprint density at radius 2 is 2.23 bits per heavy atom. The van der Waals surface area contributed by atoms with Gasteiger partial charge in [0.05, 0.1) is 19.1 Å². The van der Waals surface area contributed by atoms with Crippen LogP contribution >= 0.6 is 15.9 Å². The van der Waals surface area contributed by atoms with Crippen LogP contribution in [0.2, 0.25) is 0 Å². The highest BCUT2D eigenvalue weighted by atomic mass is 79.9. The first-order valence-electron chi connectivity index (χ1n) is 6.94. The van der Waals surface area contributed by atoms with Crippen LogP contribution in [0.1, 0.15) is 16.9 Å². The van der Waals surface area contributed by atoms with Gasteiger partial charge in [-0.3, -0.25) is 9.59 Å². The number of morpholine rings is 1. The number of aromatic nitrogens is 1. The molecule has 1 saturated heterocycles. The lowest BCUT2D eigenvalue weighted by Gasteiger charge is -2.32. The Bertz CT molecular complexity index is 727. The number of carbonyl (C=O) groups is 2. The first-order chi connectivity index (χ1) is 10.5. The van der Waals surface area contributed by atoms with Gasteiger partial charge < -0.3 is 19.7 Å². The van der Waals surface area contributed by atoms with E-state index in [-0.39, 0.29) is 12.3 Å². The second kappa shape index (κ2) is 6.10. The van der Waals surface area contributed by atoms with E-state index in [0.717, 1.165) is 15.4 Å². The minimum atomic E-state index is -0.922. The molecule has 1 unspecified atom stereocenters. The Labute approximate surface area is 135 Å². The van der Waals surface area contributed by atoms with Crippen LogP contribution in [0.3, 0.4) is 0 Å². The second-order valence-corrected chi connectivity index (χ2v) is 6.17. The number of aromatic amines is 1. The van der Waals surface area contributed by atoms with Crippen LogP contribution in [0, 0.1) is 0 Å². The van der Waals surface area contributed by atoms with Gasteiger partial charge in [-0.1, -0.05) is 15.9 Å². The van der Waals surface area contributed by atoms with Gasteiger partial charge in [-0.25, -0.2) is 0 Å². The van der Waals surface area contributed by atoms with Gasteiger partial charge in [0.1, 0.15) is 5.69 Å². The van der Waals surface area contributed by atoms with Crippen LogP contribution in [0.15, 0.2) is 28.7 Å². The first kappa shape index (κ1) is 15.1. The number of carboxylic acids is 1. The number of hydrogen-bond acceptors (Lipinski definition) is 3. The molecule has 22 heavy (non-hydrogen) atoms. The predicted molar refractivity (Wildman–Crippen MR) is 83.9 cm³/mol. The van der Waals surface area contributed by atoms with Crippen molar-refractivity contribution in [2.45, 2.75) is 12.5 Å². The Hall–Kier alpha value is -1.86. The van der Waals surface area contributed by atoms with Crippen molar-refractivity contribution in [2.75, 3.05) is 19.7 Å². The Morgan fingerprint density at radius 3 is 3.00 bits per heavy atom. The van der Waals surface area contributed by atoms with E-state index in [2.05, 4.69) is 20.9 Å². The van der Waals surface area contributed by atoms with Crippen molar-refractivity contribution in [3.63, 3.8) is 0 Å². The van der Waals surface area contributed by atoms with Gasteiger partial charge in [0.15, 0.2) is 0 Å². The number of nitrogens with zero attached hydrogens (tertiary/aromatic N) is 1. The van der Waals surface area contributed by atoms with Gasteiger partial charge in [-0.15, -0.1) is 0 Å². The fourth-order valence-electron chi connectivity index (χ4n) is 2.61. The molecule has 2 aromatic rings. The summed E-state index contributed by atoms with van der Waals surface area (Å²) in [6.07, 6.45) is -0.544. The minimum Gasteiger partial charge on any atom is -0.481 e. The maximum absolute atomic E-state index is 12.6. The highest BCUT2D eigenvalue weighted by molar-refractivity contribution is 9.10. The quantitative estimate of drug-likeness (QED) is 0.872. The number of ether oxygens (including phenoxy) is 1. The van der Waals surface area contributed by atoms with E-state index < -0.39 is 12.1 Å². The average molecular weight is 367 g/mol. The number of H-pyrrole nitrogens is 1. The minimum absolute atomic E-state index is 0.0938. The summed E-state index contributed by atoms with van der Waals surface area (Å²) in [5, 5.41) is 9.79. The van der Waals surface area contributed by atoms with Gasteiger partial charge >= 0.3 is 5.97 Å². The third-order valence-electron chi connectivity index (χ3n) is 3.64. The molecule has 1 aliphatic heterocycles. The van der Waals surface area contributed by atoms with E-state index in [9.17, 15) is 9.59 Å². The van der Waals surface area contributed by atoms with Crippen LogP contribution in [-0.2, 0) is 9.53 Å². The molecule has 6 nitrogen and oxygen atoms in total. The van der Waals surface area contributed by atoms with Crippen molar-refractivity contribution in [3.05, 3.63) is 34.4 Å². The third-order valence-corrected chi connectivity index (χ3v) is 4.13. The van der Waals surface area contributed by atoms with Crippen molar-refractivity contribution < 1.29 is 19.4 Å². The van der Waals surface area contributed by atoms with Crippen LogP contribution in [-0.4, -0.2) is 52.7 Å². The number of hydrogen-bond donors (Lipinski definition) is 2. The van der Waals surface area contributed by atoms with Crippen molar-refractivity contribution in [2.24, 2.45) is 0 Å². The number of aliphatic carboxylic acids is 1. The summed E-state index contributed by atoms with van der Waals surface area (Å²) in [6, 6.07) is 7.56. The molecule has 0 aliphatic carbocycles. The molecule has 0 saturated carbocycles. The van der Waals surface area contributed by atoms with Crippen molar-refractivity contribution in [1.82, 2.24) is 9.88 Å². The van der Waals surface area contributed by atoms with E-state index >= 15 is 0 Å². The molecule has 1 atom stereocenters. The van der Waals surface area contributed by atoms with Gasteiger partial charge in [-0.05, 0) is 24.3 Å². The zero-order chi connectivity index (χ0) is 15.7. The lowest BCUT2D eigenvalue weighted by molar-refractivity contribution is -0.141. The average Bonchev–Trinajstić information content (AvgIpc) is 2.89. The Balaban J connectivity index is 1.78. The number of halogens is 1. The van der Waals surface area contributed by atoms with Crippen LogP contribution < -0.4 is 0 Å². The number of rotatable bonds is 3. The fourth-order valence-corrected chi connectivity index (χ4v) is 2.99. The summed E-state index contributed by atoms with van der Waals surface area (Å²) in [4.78, 5) is 28.1. The Morgan fingerprint density at radius 1 is 1.41 bits per heavy atom. The van der Waals surface area contributed by atoms with E-state index in [0.29, 0.717) is 25.4 Å². The summed E-state index contributed by atoms with van der Waals surface area (Å²) < 4.78 is 6.34. The van der Waals surface area contributed by atoms with E-state index in [4.69, 9.17) is 9.84 Å². The third kappa shape index (κ3) is 3.15. The molecular formula is C15H15BrN2O4. The molecule has 1 aliphatic rings. The molecule has 0 bridgehead atoms. The highest BCUT2D eigenvalue weighted by Crippen LogP contribution is 2.22. The standard InChI is InChI=1S/C15H15BrN2O4/c16-10-1-2-12-9(5-10)6-13(17-12)15(21)18-3-4-22-11(8-18)7-14(19)20/h1-2,5-6,11,17H,3-4,7-8H2,(H,19,20). The van der Waals surface area contributed by atoms with Gasteiger partial charge in [0, 0.05) is 28.5 Å². The van der Waals surface area contributed by atoms with E-state index in [1.165, 1.54) is 0 Å². The number of carboxylic acid groups (broad SMARTS) is 1. The number of amides is 1. The van der Waals surface area contributed by atoms with Crippen LogP contribution in [0.25, 0.3) is 10.9 Å². The zero-order valence-corrected chi connectivity index (χ0v) is 13.3. The lowest BCUT2D eigenvalue weighted by atomic mass is 10.2. The summed E-state index contributed by atoms with van der Waals surface area (Å²) in [5.41, 5.74) is 1.39. The smallest absolute Gasteiger partial charge is 0.306 e. The summed E-state index contributed by atoms with van der Waals surface area (Å²) in [5.74, 6) is -1.05. The highest BCUT2D eigenvalue weighted by Gasteiger charge is 2.27. The molecule has 0 spiro atoms. The van der Waals surface area contributed by atoms with Gasteiger partial charge in [-0.2, -0.15) is 0 Å². The molecule has 1 fully saturated rings. The van der Waals surface area contributed by atoms with Crippen molar-refractivity contribution in [1.29, 1.82) is 0 Å². The molecular weight excluding hydrogens is 352 g/mol. The number of nitrogens with one attached hydrogen (secondary N) is 1. The second-order valence-electron chi connectivity index (χ2n) is 5.26. The summed E-state index contributed by atoms with van der Waals surface area (Å²) in [6.45, 7) is 1.12. The number of fused-ring (bicyclic) bond motifs is 1. The van der Waals surface area contributed by atoms with Crippen LogP contribution in [0.5, 0.6) is 0 Å². The molecule has 7 heteroatoms. The fraction of sp³-hybridized carbons (Fsp3) is 0.333. The molecule has 116 valence electrons. The zero-order valence-electron chi connectivity index (χ0n) is 11.7. The molecule has 1 aromatic carbocycles. The molecule has 2 N–H and O–H groups in total. The maximum atomic E-state index is 12.6. The largest absolute Gasteiger partial charge is 0.481 e. The summed E-state index contributed by atoms with van der Waals surface area (Å²) >= 11 is 3.40. The molecule has 2 heterocycles. The SMILES string of the molecule is O=C(O)CC1CN(C(=O)c2cc3cc(Br)ccc3[nH]2)CCO1. The number of carbonyl (C=O) groups excluding carboxylic acids is 1. The topological polar surface area (TPSA) is 82.6 Å². The number of benzene rings is 1. The normalized spacial score (nSPS) is 18.6. The van der Waals surface area contributed by atoms with Crippen molar-refractivity contribution in [3.8, 4) is 0 Å². The maximum Gasteiger partial charge on any atom is 0.306 e. The lowest BCUT2D eigenvalue weighted by Crippen LogP contribution is -2.46. The molecule has 3 rings (SSSR count). The van der Waals surface area contributed by atoms with Crippen LogP contribution in [0.4, 0.5) is 0 Å². The van der Waals surface area contributed by atoms with Gasteiger partial charge in [0.2, 0.25) is 0 Å². The molecule has 1 amide bonds. The van der Waals surface area contributed by atoms with E-state index in [1.807, 2.05) is 24.3 Å². The van der Waals surface area contributed by atoms with E-state index in [1.54, 1.807) is 4.90 Å². The molecule has 1 aromatic heterocycles. The monoisotopic (exact) mass is 366 g/mol. The summed E-state index contributed by atoms with van der Waals surface area (Å²) in [7, 11) is 0. The van der Waals surface area contributed by atoms with Crippen molar-refractivity contribution >= 4 is 38.7 Å². The first-order valence-corrected chi connectivity index (χ1v) is 7.73. The van der Waals surface area contributed by atoms with Gasteiger partial charge in [0.25, 0.3) is 5.91 Å². The Kier molecular flexibility index (Phi) is 4.17. The predicted octanol–water partition coefficient (Wildman–Crippen LogP) is 2.25.